The lowest BCUT2D eigenvalue weighted by Crippen LogP contribution is -2.45. The smallest absolute Gasteiger partial charge is 0.338 e. The Hall–Kier alpha value is -2.62. The molecule has 136 valence electrons. The van der Waals surface area contributed by atoms with Crippen LogP contribution in [0.5, 0.6) is 0 Å². The molecule has 0 spiro atoms. The van der Waals surface area contributed by atoms with Crippen molar-refractivity contribution in [3.05, 3.63) is 29.8 Å². The molecule has 1 unspecified atom stereocenters. The Morgan fingerprint density at radius 1 is 1.24 bits per heavy atom. The third kappa shape index (κ3) is 6.42. The summed E-state index contributed by atoms with van der Waals surface area (Å²) in [4.78, 5) is 35.4. The molecule has 9 nitrogen and oxygen atoms in total. The molecule has 1 saturated carbocycles. The Morgan fingerprint density at radius 2 is 1.92 bits per heavy atom. The van der Waals surface area contributed by atoms with Crippen molar-refractivity contribution in [3.63, 3.8) is 0 Å². The highest BCUT2D eigenvalue weighted by Crippen LogP contribution is 2.18. The summed E-state index contributed by atoms with van der Waals surface area (Å²) >= 11 is 0. The van der Waals surface area contributed by atoms with Crippen LogP contribution in [-0.4, -0.2) is 44.7 Å². The van der Waals surface area contributed by atoms with Crippen molar-refractivity contribution in [2.45, 2.75) is 31.9 Å². The molecule has 0 aromatic heterocycles. The second kappa shape index (κ2) is 7.51. The van der Waals surface area contributed by atoms with E-state index in [2.05, 4.69) is 15.4 Å². The van der Waals surface area contributed by atoms with Gasteiger partial charge in [0.25, 0.3) is 5.91 Å². The van der Waals surface area contributed by atoms with Gasteiger partial charge in [-0.25, -0.2) is 18.0 Å². The fraction of sp³-hybridized carbons (Fsp3) is 0.400. The van der Waals surface area contributed by atoms with Gasteiger partial charge in [-0.05, 0) is 38.0 Å². The zero-order valence-electron chi connectivity index (χ0n) is 13.7. The quantitative estimate of drug-likeness (QED) is 0.629. The predicted molar refractivity (Wildman–Crippen MR) is 89.5 cm³/mol. The molecule has 10 heteroatoms. The standard InChI is InChI=1S/C15H19N3O6S/c1-9(13(19)17-15(21)16-11-6-7-11)24-14(20)10-4-3-5-12(8-10)18-25(2,22)23/h3-5,8-9,11,18H,6-7H2,1-2H3,(H2,16,17,19,21). The van der Waals surface area contributed by atoms with Crippen molar-refractivity contribution >= 4 is 33.6 Å². The van der Waals surface area contributed by atoms with Gasteiger partial charge in [-0.2, -0.15) is 0 Å². The zero-order chi connectivity index (χ0) is 18.6. The first-order valence-corrected chi connectivity index (χ1v) is 9.43. The lowest BCUT2D eigenvalue weighted by Gasteiger charge is -2.13. The summed E-state index contributed by atoms with van der Waals surface area (Å²) in [6, 6.07) is 5.10. The van der Waals surface area contributed by atoms with Gasteiger partial charge in [-0.1, -0.05) is 6.07 Å². The van der Waals surface area contributed by atoms with Gasteiger partial charge in [0, 0.05) is 11.7 Å². The van der Waals surface area contributed by atoms with Crippen LogP contribution in [0.2, 0.25) is 0 Å². The van der Waals surface area contributed by atoms with Crippen LogP contribution < -0.4 is 15.4 Å². The first-order chi connectivity index (χ1) is 11.6. The maximum atomic E-state index is 12.1. The Balaban J connectivity index is 1.92. The average molecular weight is 369 g/mol. The Kier molecular flexibility index (Phi) is 5.62. The van der Waals surface area contributed by atoms with E-state index in [-0.39, 0.29) is 17.3 Å². The SMILES string of the molecule is CC(OC(=O)c1cccc(NS(C)(=O)=O)c1)C(=O)NC(=O)NC1CC1. The number of nitrogens with one attached hydrogen (secondary N) is 3. The van der Waals surface area contributed by atoms with E-state index in [1.165, 1.54) is 31.2 Å². The number of anilines is 1. The molecule has 1 fully saturated rings. The highest BCUT2D eigenvalue weighted by atomic mass is 32.2. The first kappa shape index (κ1) is 18.7. The third-order valence-electron chi connectivity index (χ3n) is 3.20. The summed E-state index contributed by atoms with van der Waals surface area (Å²) in [5.74, 6) is -1.57. The number of imide groups is 1. The molecule has 2 rings (SSSR count). The highest BCUT2D eigenvalue weighted by Gasteiger charge is 2.26. The average Bonchev–Trinajstić information content (AvgIpc) is 3.29. The van der Waals surface area contributed by atoms with Crippen molar-refractivity contribution < 1.29 is 27.5 Å². The van der Waals surface area contributed by atoms with E-state index < -0.39 is 34.0 Å². The minimum atomic E-state index is -3.49. The maximum Gasteiger partial charge on any atom is 0.338 e. The van der Waals surface area contributed by atoms with Crippen LogP contribution in [0, 0.1) is 0 Å². The summed E-state index contributed by atoms with van der Waals surface area (Å²) in [5, 5.41) is 4.67. The number of urea groups is 1. The van der Waals surface area contributed by atoms with Gasteiger partial charge < -0.3 is 10.1 Å². The molecule has 1 aromatic carbocycles. The topological polar surface area (TPSA) is 131 Å². The fourth-order valence-electron chi connectivity index (χ4n) is 1.87. The van der Waals surface area contributed by atoms with Gasteiger partial charge in [0.15, 0.2) is 6.10 Å². The number of hydrogen-bond donors (Lipinski definition) is 3. The van der Waals surface area contributed by atoms with Gasteiger partial charge in [-0.3, -0.25) is 14.8 Å². The molecule has 0 saturated heterocycles. The molecule has 25 heavy (non-hydrogen) atoms. The molecule has 3 N–H and O–H groups in total. The Labute approximate surface area is 145 Å². The van der Waals surface area contributed by atoms with E-state index in [0.717, 1.165) is 19.1 Å². The molecule has 0 aliphatic heterocycles. The van der Waals surface area contributed by atoms with Crippen molar-refractivity contribution in [1.82, 2.24) is 10.6 Å². The molecular formula is C15H19N3O6S. The summed E-state index contributed by atoms with van der Waals surface area (Å²) < 4.78 is 29.7. The van der Waals surface area contributed by atoms with E-state index in [1.807, 2.05) is 0 Å². The Morgan fingerprint density at radius 3 is 2.52 bits per heavy atom. The minimum absolute atomic E-state index is 0.0655. The number of carbonyl (C=O) groups excluding carboxylic acids is 3. The van der Waals surface area contributed by atoms with E-state index in [4.69, 9.17) is 4.74 Å². The van der Waals surface area contributed by atoms with E-state index in [9.17, 15) is 22.8 Å². The number of hydrogen-bond acceptors (Lipinski definition) is 6. The zero-order valence-corrected chi connectivity index (χ0v) is 14.6. The molecule has 1 atom stereocenters. The summed E-state index contributed by atoms with van der Waals surface area (Å²) in [5.41, 5.74) is 0.258. The largest absolute Gasteiger partial charge is 0.449 e. The van der Waals surface area contributed by atoms with Gasteiger partial charge in [0.1, 0.15) is 0 Å². The number of carbonyl (C=O) groups is 3. The highest BCUT2D eigenvalue weighted by molar-refractivity contribution is 7.92. The normalized spacial score (nSPS) is 15.0. The van der Waals surface area contributed by atoms with Crippen LogP contribution in [0.25, 0.3) is 0 Å². The summed E-state index contributed by atoms with van der Waals surface area (Å²) in [6.07, 6.45) is 1.55. The monoisotopic (exact) mass is 369 g/mol. The summed E-state index contributed by atoms with van der Waals surface area (Å²) in [6.45, 7) is 1.33. The van der Waals surface area contributed by atoms with Crippen LogP contribution in [0.15, 0.2) is 24.3 Å². The van der Waals surface area contributed by atoms with Crippen LogP contribution >= 0.6 is 0 Å². The van der Waals surface area contributed by atoms with Gasteiger partial charge in [-0.15, -0.1) is 0 Å². The lowest BCUT2D eigenvalue weighted by atomic mass is 10.2. The number of sulfonamides is 1. The first-order valence-electron chi connectivity index (χ1n) is 7.54. The molecule has 1 aromatic rings. The van der Waals surface area contributed by atoms with E-state index >= 15 is 0 Å². The van der Waals surface area contributed by atoms with Crippen LogP contribution in [0.3, 0.4) is 0 Å². The Bertz CT molecular complexity index is 788. The minimum Gasteiger partial charge on any atom is -0.449 e. The van der Waals surface area contributed by atoms with E-state index in [1.54, 1.807) is 0 Å². The molecule has 1 aliphatic rings. The molecule has 0 bridgehead atoms. The predicted octanol–water partition coefficient (Wildman–Crippen LogP) is 0.592. The second-order valence-corrected chi connectivity index (χ2v) is 7.49. The van der Waals surface area contributed by atoms with Crippen LogP contribution in [0.4, 0.5) is 10.5 Å². The number of rotatable bonds is 6. The molecule has 1 aliphatic carbocycles. The van der Waals surface area contributed by atoms with E-state index in [0.29, 0.717) is 0 Å². The third-order valence-corrected chi connectivity index (χ3v) is 3.81. The van der Waals surface area contributed by atoms with Crippen LogP contribution in [0.1, 0.15) is 30.1 Å². The fourth-order valence-corrected chi connectivity index (χ4v) is 2.42. The van der Waals surface area contributed by atoms with Crippen molar-refractivity contribution in [3.8, 4) is 0 Å². The second-order valence-electron chi connectivity index (χ2n) is 5.74. The molecule has 0 radical (unpaired) electrons. The van der Waals surface area contributed by atoms with Crippen LogP contribution in [-0.2, 0) is 19.6 Å². The number of ether oxygens (including phenoxy) is 1. The van der Waals surface area contributed by atoms with Gasteiger partial charge >= 0.3 is 12.0 Å². The van der Waals surface area contributed by atoms with Crippen molar-refractivity contribution in [2.24, 2.45) is 0 Å². The number of benzene rings is 1. The van der Waals surface area contributed by atoms with Crippen molar-refractivity contribution in [2.75, 3.05) is 11.0 Å². The van der Waals surface area contributed by atoms with Gasteiger partial charge in [0.05, 0.1) is 11.8 Å². The maximum absolute atomic E-state index is 12.1. The molecular weight excluding hydrogens is 350 g/mol. The lowest BCUT2D eigenvalue weighted by molar-refractivity contribution is -0.127. The molecule has 3 amide bonds. The molecule has 0 heterocycles. The van der Waals surface area contributed by atoms with Gasteiger partial charge in [0.2, 0.25) is 10.0 Å². The van der Waals surface area contributed by atoms with Crippen molar-refractivity contribution in [1.29, 1.82) is 0 Å². The number of amides is 3. The number of esters is 1. The summed E-state index contributed by atoms with van der Waals surface area (Å²) in [7, 11) is -3.49.